The van der Waals surface area contributed by atoms with E-state index in [2.05, 4.69) is 5.32 Å². The van der Waals surface area contributed by atoms with Crippen molar-refractivity contribution in [3.63, 3.8) is 0 Å². The number of carbonyl (C=O) groups is 2. The molecule has 0 heterocycles. The van der Waals surface area contributed by atoms with Crippen LogP contribution >= 0.6 is 0 Å². The number of nitrogens with zero attached hydrogens (tertiary/aromatic N) is 1. The number of rotatable bonds is 6. The van der Waals surface area contributed by atoms with Crippen LogP contribution in [0.2, 0.25) is 0 Å². The van der Waals surface area contributed by atoms with E-state index in [1.54, 1.807) is 13.8 Å². The van der Waals surface area contributed by atoms with E-state index >= 15 is 0 Å². The molecule has 0 saturated carbocycles. The standard InChI is InChI=1S/C18H28N2O5S/c1-12(2)20(7)26(23,24)15-10-8-9-14(11-15)17(22)25-13(3)16(21)19-18(4,5)6/h8-13H,1-7H3,(H,19,21). The molecule has 0 aromatic heterocycles. The van der Waals surface area contributed by atoms with Crippen molar-refractivity contribution in [2.45, 2.75) is 64.1 Å². The van der Waals surface area contributed by atoms with E-state index in [4.69, 9.17) is 4.74 Å². The third kappa shape index (κ3) is 5.81. The second kappa shape index (κ2) is 8.18. The first-order valence-corrected chi connectivity index (χ1v) is 9.81. The first-order valence-electron chi connectivity index (χ1n) is 8.37. The highest BCUT2D eigenvalue weighted by molar-refractivity contribution is 7.89. The summed E-state index contributed by atoms with van der Waals surface area (Å²) in [7, 11) is -2.24. The Labute approximate surface area is 155 Å². The summed E-state index contributed by atoms with van der Waals surface area (Å²) in [6, 6.07) is 5.37. The third-order valence-corrected chi connectivity index (χ3v) is 5.65. The molecule has 0 radical (unpaired) electrons. The normalized spacial score (nSPS) is 13.6. The SMILES string of the molecule is CC(OC(=O)c1cccc(S(=O)(=O)N(C)C(C)C)c1)C(=O)NC(C)(C)C. The number of benzene rings is 1. The van der Waals surface area contributed by atoms with Crippen LogP contribution in [0.25, 0.3) is 0 Å². The van der Waals surface area contributed by atoms with Crippen LogP contribution in [0.1, 0.15) is 51.9 Å². The van der Waals surface area contributed by atoms with Crippen molar-refractivity contribution in [1.82, 2.24) is 9.62 Å². The van der Waals surface area contributed by atoms with E-state index < -0.39 is 33.5 Å². The van der Waals surface area contributed by atoms with Gasteiger partial charge in [-0.1, -0.05) is 6.07 Å². The molecular formula is C18H28N2O5S. The highest BCUT2D eigenvalue weighted by Gasteiger charge is 2.26. The molecule has 0 spiro atoms. The Hall–Kier alpha value is -1.93. The second-order valence-corrected chi connectivity index (χ2v) is 9.43. The summed E-state index contributed by atoms with van der Waals surface area (Å²) in [5, 5.41) is 2.72. The van der Waals surface area contributed by atoms with Gasteiger partial charge in [-0.2, -0.15) is 4.31 Å². The monoisotopic (exact) mass is 384 g/mol. The number of hydrogen-bond donors (Lipinski definition) is 1. The molecule has 7 nitrogen and oxygen atoms in total. The van der Waals surface area contributed by atoms with Crippen LogP contribution in [0.3, 0.4) is 0 Å². The van der Waals surface area contributed by atoms with Gasteiger partial charge in [0.25, 0.3) is 5.91 Å². The molecule has 1 aromatic rings. The number of nitrogens with one attached hydrogen (secondary N) is 1. The van der Waals surface area contributed by atoms with Gasteiger partial charge in [0.1, 0.15) is 0 Å². The van der Waals surface area contributed by atoms with Crippen molar-refractivity contribution in [3.05, 3.63) is 29.8 Å². The van der Waals surface area contributed by atoms with Crippen molar-refractivity contribution >= 4 is 21.9 Å². The lowest BCUT2D eigenvalue weighted by atomic mass is 10.1. The Morgan fingerprint density at radius 3 is 2.23 bits per heavy atom. The third-order valence-electron chi connectivity index (χ3n) is 3.63. The summed E-state index contributed by atoms with van der Waals surface area (Å²) in [6.45, 7) is 10.4. The van der Waals surface area contributed by atoms with Gasteiger partial charge in [0.15, 0.2) is 6.10 Å². The molecule has 0 saturated heterocycles. The smallest absolute Gasteiger partial charge is 0.338 e. The van der Waals surface area contributed by atoms with E-state index in [1.165, 1.54) is 42.5 Å². The van der Waals surface area contributed by atoms with Gasteiger partial charge >= 0.3 is 5.97 Å². The molecule has 1 atom stereocenters. The summed E-state index contributed by atoms with van der Waals surface area (Å²) in [5.41, 5.74) is -0.383. The fourth-order valence-corrected chi connectivity index (χ4v) is 3.39. The molecular weight excluding hydrogens is 356 g/mol. The Morgan fingerprint density at radius 1 is 1.15 bits per heavy atom. The van der Waals surface area contributed by atoms with Gasteiger partial charge in [-0.05, 0) is 59.7 Å². The maximum absolute atomic E-state index is 12.5. The van der Waals surface area contributed by atoms with Crippen LogP contribution in [0.15, 0.2) is 29.2 Å². The van der Waals surface area contributed by atoms with Gasteiger partial charge in [-0.25, -0.2) is 13.2 Å². The van der Waals surface area contributed by atoms with Crippen molar-refractivity contribution in [3.8, 4) is 0 Å². The molecule has 1 N–H and O–H groups in total. The first kappa shape index (κ1) is 22.1. The predicted octanol–water partition coefficient (Wildman–Crippen LogP) is 2.18. The number of hydrogen-bond acceptors (Lipinski definition) is 5. The molecule has 1 rings (SSSR count). The molecule has 0 aliphatic heterocycles. The van der Waals surface area contributed by atoms with E-state index in [0.717, 1.165) is 0 Å². The van der Waals surface area contributed by atoms with Crippen molar-refractivity contribution in [2.75, 3.05) is 7.05 Å². The fourth-order valence-electron chi connectivity index (χ4n) is 1.98. The quantitative estimate of drug-likeness (QED) is 0.759. The van der Waals surface area contributed by atoms with Gasteiger partial charge in [0, 0.05) is 18.6 Å². The summed E-state index contributed by atoms with van der Waals surface area (Å²) in [4.78, 5) is 24.3. The highest BCUT2D eigenvalue weighted by Crippen LogP contribution is 2.18. The van der Waals surface area contributed by atoms with Crippen LogP contribution in [0, 0.1) is 0 Å². The first-order chi connectivity index (χ1) is 11.8. The van der Waals surface area contributed by atoms with E-state index in [0.29, 0.717) is 0 Å². The van der Waals surface area contributed by atoms with E-state index in [1.807, 2.05) is 20.8 Å². The van der Waals surface area contributed by atoms with Crippen molar-refractivity contribution < 1.29 is 22.7 Å². The van der Waals surface area contributed by atoms with Crippen molar-refractivity contribution in [1.29, 1.82) is 0 Å². The molecule has 1 unspecified atom stereocenters. The number of sulfonamides is 1. The predicted molar refractivity (Wildman–Crippen MR) is 99.3 cm³/mol. The molecule has 0 aliphatic carbocycles. The van der Waals surface area contributed by atoms with E-state index in [-0.39, 0.29) is 16.5 Å². The zero-order valence-electron chi connectivity index (χ0n) is 16.4. The summed E-state index contributed by atoms with van der Waals surface area (Å²) >= 11 is 0. The number of amides is 1. The topological polar surface area (TPSA) is 92.8 Å². The summed E-state index contributed by atoms with van der Waals surface area (Å²) in [5.74, 6) is -1.18. The summed E-state index contributed by atoms with van der Waals surface area (Å²) in [6.07, 6.45) is -1.000. The number of ether oxygens (including phenoxy) is 1. The molecule has 0 fully saturated rings. The molecule has 1 aromatic carbocycles. The Morgan fingerprint density at radius 2 is 1.73 bits per heavy atom. The zero-order valence-corrected chi connectivity index (χ0v) is 17.2. The van der Waals surface area contributed by atoms with Crippen LogP contribution in [0.4, 0.5) is 0 Å². The largest absolute Gasteiger partial charge is 0.449 e. The lowest BCUT2D eigenvalue weighted by Gasteiger charge is -2.23. The molecule has 26 heavy (non-hydrogen) atoms. The minimum Gasteiger partial charge on any atom is -0.449 e. The number of carbonyl (C=O) groups excluding carboxylic acids is 2. The van der Waals surface area contributed by atoms with Crippen LogP contribution in [-0.4, -0.2) is 49.3 Å². The van der Waals surface area contributed by atoms with Gasteiger partial charge in [0.2, 0.25) is 10.0 Å². The lowest BCUT2D eigenvalue weighted by molar-refractivity contribution is -0.130. The summed E-state index contributed by atoms with van der Waals surface area (Å²) < 4.78 is 31.5. The van der Waals surface area contributed by atoms with Crippen LogP contribution < -0.4 is 5.32 Å². The van der Waals surface area contributed by atoms with Gasteiger partial charge in [-0.3, -0.25) is 4.79 Å². The number of esters is 1. The van der Waals surface area contributed by atoms with E-state index in [9.17, 15) is 18.0 Å². The minimum atomic E-state index is -3.72. The second-order valence-electron chi connectivity index (χ2n) is 7.43. The Kier molecular flexibility index (Phi) is 6.95. The maximum Gasteiger partial charge on any atom is 0.338 e. The van der Waals surface area contributed by atoms with Crippen LogP contribution in [-0.2, 0) is 19.6 Å². The fraction of sp³-hybridized carbons (Fsp3) is 0.556. The maximum atomic E-state index is 12.5. The molecule has 8 heteroatoms. The lowest BCUT2D eigenvalue weighted by Crippen LogP contribution is -2.46. The molecule has 0 aliphatic rings. The highest BCUT2D eigenvalue weighted by atomic mass is 32.2. The Bertz CT molecular complexity index is 766. The Balaban J connectivity index is 2.98. The minimum absolute atomic E-state index is 0.00468. The van der Waals surface area contributed by atoms with Gasteiger partial charge in [0.05, 0.1) is 10.5 Å². The molecule has 0 bridgehead atoms. The molecule has 146 valence electrons. The van der Waals surface area contributed by atoms with Gasteiger partial charge in [-0.15, -0.1) is 0 Å². The zero-order chi connectivity index (χ0) is 20.3. The van der Waals surface area contributed by atoms with Crippen molar-refractivity contribution in [2.24, 2.45) is 0 Å². The van der Waals surface area contributed by atoms with Crippen LogP contribution in [0.5, 0.6) is 0 Å². The average Bonchev–Trinajstić information content (AvgIpc) is 2.52. The molecule has 1 amide bonds. The van der Waals surface area contributed by atoms with Gasteiger partial charge < -0.3 is 10.1 Å². The average molecular weight is 384 g/mol.